The minimum absolute atomic E-state index is 0.0233. The molecule has 1 saturated carbocycles. The summed E-state index contributed by atoms with van der Waals surface area (Å²) in [7, 11) is 1.57. The topological polar surface area (TPSA) is 76.1 Å². The van der Waals surface area contributed by atoms with Gasteiger partial charge in [0, 0.05) is 24.6 Å². The number of amides is 1. The van der Waals surface area contributed by atoms with Gasteiger partial charge in [0.25, 0.3) is 0 Å². The van der Waals surface area contributed by atoms with Crippen LogP contribution in [0.25, 0.3) is 0 Å². The zero-order valence-electron chi connectivity index (χ0n) is 14.8. The Balaban J connectivity index is 1.56. The monoisotopic (exact) mass is 377 g/mol. The summed E-state index contributed by atoms with van der Waals surface area (Å²) < 4.78 is 11.2. The average Bonchev–Trinajstić information content (AvgIpc) is 3.36. The Morgan fingerprint density at radius 2 is 2.23 bits per heavy atom. The van der Waals surface area contributed by atoms with E-state index in [1.165, 1.54) is 12.8 Å². The predicted octanol–water partition coefficient (Wildman–Crippen LogP) is 2.23. The van der Waals surface area contributed by atoms with Crippen LogP contribution >= 0.6 is 11.8 Å². The van der Waals surface area contributed by atoms with E-state index in [9.17, 15) is 14.7 Å². The van der Waals surface area contributed by atoms with Crippen molar-refractivity contribution in [2.45, 2.75) is 18.8 Å². The van der Waals surface area contributed by atoms with E-state index in [4.69, 9.17) is 9.47 Å². The van der Waals surface area contributed by atoms with Crippen molar-refractivity contribution in [1.82, 2.24) is 4.90 Å². The van der Waals surface area contributed by atoms with Crippen LogP contribution in [0, 0.1) is 11.3 Å². The first kappa shape index (κ1) is 17.5. The number of carboxylic acid groups (broad SMARTS) is 1. The number of carbonyl (C=O) groups excluding carboxylic acids is 1. The Morgan fingerprint density at radius 3 is 2.92 bits per heavy atom. The van der Waals surface area contributed by atoms with E-state index in [2.05, 4.69) is 0 Å². The van der Waals surface area contributed by atoms with Crippen LogP contribution in [0.1, 0.15) is 24.3 Å². The second-order valence-corrected chi connectivity index (χ2v) is 8.44. The number of thioether (sulfide) groups is 1. The van der Waals surface area contributed by atoms with Crippen LogP contribution < -0.4 is 9.47 Å². The molecule has 140 valence electrons. The van der Waals surface area contributed by atoms with Crippen molar-refractivity contribution in [2.75, 3.05) is 38.3 Å². The number of carboxylic acids is 1. The van der Waals surface area contributed by atoms with Gasteiger partial charge >= 0.3 is 5.97 Å². The highest BCUT2D eigenvalue weighted by Gasteiger charge is 2.57. The van der Waals surface area contributed by atoms with Crippen molar-refractivity contribution in [2.24, 2.45) is 11.3 Å². The highest BCUT2D eigenvalue weighted by molar-refractivity contribution is 7.99. The molecule has 0 spiro atoms. The van der Waals surface area contributed by atoms with Gasteiger partial charge in [0.2, 0.25) is 5.91 Å². The fourth-order valence-corrected chi connectivity index (χ4v) is 5.07. The molecule has 1 aromatic carbocycles. The summed E-state index contributed by atoms with van der Waals surface area (Å²) in [5.74, 6) is 2.26. The van der Waals surface area contributed by atoms with Crippen LogP contribution in [0.3, 0.4) is 0 Å². The maximum Gasteiger partial charge on any atom is 0.315 e. The van der Waals surface area contributed by atoms with Crippen molar-refractivity contribution >= 4 is 23.6 Å². The Bertz CT molecular complexity index is 735. The van der Waals surface area contributed by atoms with Crippen LogP contribution in [0.2, 0.25) is 0 Å². The van der Waals surface area contributed by atoms with Gasteiger partial charge in [-0.05, 0) is 30.6 Å². The number of likely N-dealkylation sites (tertiary alicyclic amines) is 1. The molecule has 1 saturated heterocycles. The van der Waals surface area contributed by atoms with E-state index < -0.39 is 11.4 Å². The largest absolute Gasteiger partial charge is 0.493 e. The van der Waals surface area contributed by atoms with Gasteiger partial charge in [0.05, 0.1) is 12.9 Å². The molecule has 2 heterocycles. The number of fused-ring (bicyclic) bond motifs is 3. The van der Waals surface area contributed by atoms with Crippen molar-refractivity contribution < 1.29 is 24.2 Å². The molecular weight excluding hydrogens is 354 g/mol. The Hall–Kier alpha value is -1.89. The number of methoxy groups -OCH3 is 1. The molecular formula is C19H23NO5S. The first-order valence-electron chi connectivity index (χ1n) is 8.94. The highest BCUT2D eigenvalue weighted by atomic mass is 32.2. The predicted molar refractivity (Wildman–Crippen MR) is 97.9 cm³/mol. The van der Waals surface area contributed by atoms with Crippen LogP contribution in [-0.2, 0) is 9.59 Å². The summed E-state index contributed by atoms with van der Waals surface area (Å²) in [4.78, 5) is 26.5. The van der Waals surface area contributed by atoms with Gasteiger partial charge in [-0.1, -0.05) is 12.1 Å². The van der Waals surface area contributed by atoms with E-state index in [1.54, 1.807) is 29.8 Å². The number of ether oxygens (including phenoxy) is 2. The first-order chi connectivity index (χ1) is 12.5. The molecule has 7 heteroatoms. The zero-order valence-corrected chi connectivity index (χ0v) is 15.6. The van der Waals surface area contributed by atoms with Gasteiger partial charge in [-0.25, -0.2) is 0 Å². The van der Waals surface area contributed by atoms with Gasteiger partial charge in [0.15, 0.2) is 11.5 Å². The maximum absolute atomic E-state index is 12.6. The third kappa shape index (κ3) is 2.92. The van der Waals surface area contributed by atoms with E-state index in [0.717, 1.165) is 17.2 Å². The van der Waals surface area contributed by atoms with E-state index in [0.29, 0.717) is 23.8 Å². The highest BCUT2D eigenvalue weighted by Crippen LogP contribution is 2.52. The van der Waals surface area contributed by atoms with Crippen molar-refractivity contribution in [3.8, 4) is 11.5 Å². The number of hydrogen-bond donors (Lipinski definition) is 1. The lowest BCUT2D eigenvalue weighted by atomic mass is 9.73. The van der Waals surface area contributed by atoms with Gasteiger partial charge in [-0.2, -0.15) is 11.8 Å². The van der Waals surface area contributed by atoms with Crippen molar-refractivity contribution in [3.63, 3.8) is 0 Å². The number of carbonyl (C=O) groups is 2. The standard InChI is InChI=1S/C19H23NO5S/c1-24-15-4-2-3-13-14-7-20(16(21)9-26-8-12-5-6-12)10-19(14,18(22)23)11-25-17(13)15/h2-4,12,14H,5-11H2,1H3,(H,22,23)/t14-,19-/m0/s1. The Labute approximate surface area is 156 Å². The molecule has 4 rings (SSSR count). The molecule has 1 amide bonds. The molecule has 2 atom stereocenters. The molecule has 1 aromatic rings. The first-order valence-corrected chi connectivity index (χ1v) is 10.1. The van der Waals surface area contributed by atoms with Gasteiger partial charge in [-0.15, -0.1) is 0 Å². The summed E-state index contributed by atoms with van der Waals surface area (Å²) >= 11 is 1.66. The summed E-state index contributed by atoms with van der Waals surface area (Å²) in [6, 6.07) is 5.53. The molecule has 26 heavy (non-hydrogen) atoms. The van der Waals surface area contributed by atoms with Crippen molar-refractivity contribution in [1.29, 1.82) is 0 Å². The molecule has 1 aliphatic carbocycles. The molecule has 3 aliphatic rings. The number of nitrogens with zero attached hydrogens (tertiary/aromatic N) is 1. The van der Waals surface area contributed by atoms with Gasteiger partial charge < -0.3 is 19.5 Å². The SMILES string of the molecule is COc1cccc2c1OC[C@@]1(C(=O)O)CN(C(=O)CSCC3CC3)C[C@@H]21. The Morgan fingerprint density at radius 1 is 1.42 bits per heavy atom. The van der Waals surface area contributed by atoms with E-state index in [1.807, 2.05) is 12.1 Å². The van der Waals surface area contributed by atoms with Gasteiger partial charge in [0.1, 0.15) is 12.0 Å². The third-order valence-corrected chi connectivity index (χ3v) is 6.83. The average molecular weight is 377 g/mol. The quantitative estimate of drug-likeness (QED) is 0.819. The summed E-state index contributed by atoms with van der Waals surface area (Å²) in [5, 5.41) is 9.95. The normalized spacial score (nSPS) is 26.7. The summed E-state index contributed by atoms with van der Waals surface area (Å²) in [6.07, 6.45) is 2.54. The molecule has 0 aromatic heterocycles. The fraction of sp³-hybridized carbons (Fsp3) is 0.579. The summed E-state index contributed by atoms with van der Waals surface area (Å²) in [6.45, 7) is 0.671. The lowest BCUT2D eigenvalue weighted by Crippen LogP contribution is -2.46. The van der Waals surface area contributed by atoms with Crippen LogP contribution in [0.5, 0.6) is 11.5 Å². The minimum Gasteiger partial charge on any atom is -0.493 e. The number of rotatable bonds is 6. The lowest BCUT2D eigenvalue weighted by Gasteiger charge is -2.36. The molecule has 0 unspecified atom stereocenters. The lowest BCUT2D eigenvalue weighted by molar-refractivity contribution is -0.152. The van der Waals surface area contributed by atoms with Gasteiger partial charge in [-0.3, -0.25) is 9.59 Å². The molecule has 6 nitrogen and oxygen atoms in total. The van der Waals surface area contributed by atoms with Crippen LogP contribution in [0.4, 0.5) is 0 Å². The Kier molecular flexibility index (Phi) is 4.50. The number of para-hydroxylation sites is 1. The second kappa shape index (κ2) is 6.68. The van der Waals surface area contributed by atoms with Crippen LogP contribution in [-0.4, -0.2) is 60.2 Å². The molecule has 2 aliphatic heterocycles. The fourth-order valence-electron chi connectivity index (χ4n) is 3.93. The van der Waals surface area contributed by atoms with E-state index in [-0.39, 0.29) is 25.0 Å². The summed E-state index contributed by atoms with van der Waals surface area (Å²) in [5.41, 5.74) is -0.269. The molecule has 0 radical (unpaired) electrons. The maximum atomic E-state index is 12.6. The number of aliphatic carboxylic acids is 1. The number of benzene rings is 1. The third-order valence-electron chi connectivity index (χ3n) is 5.68. The van der Waals surface area contributed by atoms with Crippen molar-refractivity contribution in [3.05, 3.63) is 23.8 Å². The zero-order chi connectivity index (χ0) is 18.3. The minimum atomic E-state index is -1.09. The van der Waals surface area contributed by atoms with E-state index >= 15 is 0 Å². The number of hydrogen-bond acceptors (Lipinski definition) is 5. The second-order valence-electron chi connectivity index (χ2n) is 7.41. The molecule has 1 N–H and O–H groups in total. The molecule has 2 fully saturated rings. The smallest absolute Gasteiger partial charge is 0.315 e. The van der Waals surface area contributed by atoms with Crippen LogP contribution in [0.15, 0.2) is 18.2 Å². The molecule has 0 bridgehead atoms.